The van der Waals surface area contributed by atoms with Crippen molar-refractivity contribution in [2.24, 2.45) is 5.92 Å². The molecule has 0 saturated carbocycles. The number of piperidine rings is 2. The lowest BCUT2D eigenvalue weighted by Gasteiger charge is -2.36. The second kappa shape index (κ2) is 14.2. The van der Waals surface area contributed by atoms with Gasteiger partial charge in [0.2, 0.25) is 5.91 Å². The number of hydrogen-bond donors (Lipinski definition) is 1. The number of carbonyl (C=O) groups excluding carboxylic acids is 2. The zero-order valence-corrected chi connectivity index (χ0v) is 22.7. The number of benzene rings is 2. The van der Waals surface area contributed by atoms with Crippen molar-refractivity contribution in [1.82, 2.24) is 4.90 Å². The van der Waals surface area contributed by atoms with E-state index in [1.165, 1.54) is 31.2 Å². The molecule has 1 N–H and O–H groups in total. The first-order valence-electron chi connectivity index (χ1n) is 14.7. The van der Waals surface area contributed by atoms with Crippen molar-refractivity contribution in [1.29, 1.82) is 0 Å². The molecule has 0 bridgehead atoms. The quantitative estimate of drug-likeness (QED) is 0.334. The molecule has 0 radical (unpaired) electrons. The van der Waals surface area contributed by atoms with Gasteiger partial charge in [-0.1, -0.05) is 62.9 Å². The summed E-state index contributed by atoms with van der Waals surface area (Å²) >= 11 is 0. The van der Waals surface area contributed by atoms with Crippen LogP contribution in [0.15, 0.2) is 48.5 Å². The van der Waals surface area contributed by atoms with Crippen LogP contribution < -0.4 is 10.2 Å². The van der Waals surface area contributed by atoms with E-state index in [1.807, 2.05) is 17.0 Å². The summed E-state index contributed by atoms with van der Waals surface area (Å²) in [5, 5.41) is 3.07. The number of rotatable bonds is 11. The maximum Gasteiger partial charge on any atom is 0.256 e. The molecule has 5 heteroatoms. The van der Waals surface area contributed by atoms with Gasteiger partial charge in [-0.3, -0.25) is 9.59 Å². The summed E-state index contributed by atoms with van der Waals surface area (Å²) in [6.07, 6.45) is 12.9. The van der Waals surface area contributed by atoms with Gasteiger partial charge in [0.25, 0.3) is 5.91 Å². The monoisotopic (exact) mass is 503 g/mol. The second-order valence-electron chi connectivity index (χ2n) is 10.9. The van der Waals surface area contributed by atoms with Crippen LogP contribution in [0.3, 0.4) is 0 Å². The van der Waals surface area contributed by atoms with Crippen molar-refractivity contribution in [3.63, 3.8) is 0 Å². The normalized spacial score (nSPS) is 16.6. The Bertz CT molecular complexity index is 992. The lowest BCUT2D eigenvalue weighted by Crippen LogP contribution is -2.39. The van der Waals surface area contributed by atoms with Crippen LogP contribution in [0.1, 0.15) is 93.5 Å². The van der Waals surface area contributed by atoms with E-state index < -0.39 is 0 Å². The molecule has 2 heterocycles. The average molecular weight is 504 g/mol. The predicted octanol–water partition coefficient (Wildman–Crippen LogP) is 7.07. The zero-order valence-electron chi connectivity index (χ0n) is 22.7. The average Bonchev–Trinajstić information content (AvgIpc) is 2.94. The minimum Gasteiger partial charge on any atom is -0.371 e. The Balaban J connectivity index is 1.42. The maximum absolute atomic E-state index is 13.7. The highest BCUT2D eigenvalue weighted by atomic mass is 16.2. The van der Waals surface area contributed by atoms with Gasteiger partial charge in [0.05, 0.1) is 5.56 Å². The molecule has 2 saturated heterocycles. The molecule has 0 aliphatic carbocycles. The van der Waals surface area contributed by atoms with Crippen LogP contribution >= 0.6 is 0 Å². The van der Waals surface area contributed by atoms with Gasteiger partial charge in [0.15, 0.2) is 0 Å². The number of likely N-dealkylation sites (tertiary alicyclic amines) is 1. The first-order valence-corrected chi connectivity index (χ1v) is 14.7. The Morgan fingerprint density at radius 1 is 0.865 bits per heavy atom. The Morgan fingerprint density at radius 3 is 2.32 bits per heavy atom. The summed E-state index contributed by atoms with van der Waals surface area (Å²) in [7, 11) is 0. The Hall–Kier alpha value is -2.82. The van der Waals surface area contributed by atoms with Gasteiger partial charge in [-0.25, -0.2) is 0 Å². The highest BCUT2D eigenvalue weighted by Gasteiger charge is 2.26. The molecule has 2 aliphatic rings. The summed E-state index contributed by atoms with van der Waals surface area (Å²) in [5.41, 5.74) is 3.91. The molecule has 2 fully saturated rings. The van der Waals surface area contributed by atoms with Gasteiger partial charge in [-0.2, -0.15) is 0 Å². The molecule has 2 aliphatic heterocycles. The van der Waals surface area contributed by atoms with Crippen molar-refractivity contribution in [2.75, 3.05) is 36.4 Å². The predicted molar refractivity (Wildman–Crippen MR) is 153 cm³/mol. The van der Waals surface area contributed by atoms with E-state index in [0.29, 0.717) is 12.3 Å². The number of nitrogens with zero attached hydrogens (tertiary/aromatic N) is 2. The van der Waals surface area contributed by atoms with E-state index in [1.54, 1.807) is 0 Å². The summed E-state index contributed by atoms with van der Waals surface area (Å²) in [5.74, 6) is 0.829. The summed E-state index contributed by atoms with van der Waals surface area (Å²) in [6.45, 7) is 5.77. The van der Waals surface area contributed by atoms with E-state index in [4.69, 9.17) is 0 Å². The minimum atomic E-state index is 0.0438. The lowest BCUT2D eigenvalue weighted by molar-refractivity contribution is -0.116. The topological polar surface area (TPSA) is 52.7 Å². The molecule has 5 nitrogen and oxygen atoms in total. The lowest BCUT2D eigenvalue weighted by atomic mass is 9.89. The molecule has 0 atom stereocenters. The minimum absolute atomic E-state index is 0.0438. The van der Waals surface area contributed by atoms with Crippen molar-refractivity contribution >= 4 is 23.2 Å². The maximum atomic E-state index is 13.7. The second-order valence-corrected chi connectivity index (χ2v) is 10.9. The third kappa shape index (κ3) is 8.08. The number of carbonyl (C=O) groups is 2. The number of anilines is 2. The molecule has 0 unspecified atom stereocenters. The van der Waals surface area contributed by atoms with Gasteiger partial charge < -0.3 is 15.1 Å². The smallest absolute Gasteiger partial charge is 0.256 e. The van der Waals surface area contributed by atoms with Crippen LogP contribution in [-0.4, -0.2) is 42.9 Å². The van der Waals surface area contributed by atoms with Crippen molar-refractivity contribution in [3.05, 3.63) is 59.7 Å². The first kappa shape index (κ1) is 27.2. The van der Waals surface area contributed by atoms with E-state index in [2.05, 4.69) is 53.5 Å². The molecule has 200 valence electrons. The number of hydrogen-bond acceptors (Lipinski definition) is 3. The summed E-state index contributed by atoms with van der Waals surface area (Å²) in [6, 6.07) is 16.7. The van der Waals surface area contributed by atoms with Crippen molar-refractivity contribution < 1.29 is 9.59 Å². The molecular formula is C32H45N3O2. The van der Waals surface area contributed by atoms with Crippen LogP contribution in [0.2, 0.25) is 0 Å². The van der Waals surface area contributed by atoms with Gasteiger partial charge in [-0.05, 0) is 74.6 Å². The fourth-order valence-electron chi connectivity index (χ4n) is 5.77. The Kier molecular flexibility index (Phi) is 10.5. The Morgan fingerprint density at radius 2 is 1.59 bits per heavy atom. The SMILES string of the molecule is CCCCCCCC(=O)Nc1ccc(N2CCC(Cc3ccccc3)CC2)c(C(=O)N2CCCCC2)c1. The van der Waals surface area contributed by atoms with Crippen LogP contribution in [0.25, 0.3) is 0 Å². The Labute approximate surface area is 223 Å². The summed E-state index contributed by atoms with van der Waals surface area (Å²) in [4.78, 5) is 30.6. The third-order valence-corrected chi connectivity index (χ3v) is 7.98. The fraction of sp³-hybridized carbons (Fsp3) is 0.562. The first-order chi connectivity index (χ1) is 18.1. The van der Waals surface area contributed by atoms with Gasteiger partial charge in [-0.15, -0.1) is 0 Å². The molecular weight excluding hydrogens is 458 g/mol. The summed E-state index contributed by atoms with van der Waals surface area (Å²) < 4.78 is 0. The molecule has 2 aromatic rings. The number of nitrogens with one attached hydrogen (secondary N) is 1. The highest BCUT2D eigenvalue weighted by molar-refractivity contribution is 6.02. The van der Waals surface area contributed by atoms with Gasteiger partial charge >= 0.3 is 0 Å². The number of unbranched alkanes of at least 4 members (excludes halogenated alkanes) is 4. The van der Waals surface area contributed by atoms with Crippen LogP contribution in [0.4, 0.5) is 11.4 Å². The highest BCUT2D eigenvalue weighted by Crippen LogP contribution is 2.31. The van der Waals surface area contributed by atoms with Crippen LogP contribution in [-0.2, 0) is 11.2 Å². The van der Waals surface area contributed by atoms with E-state index in [9.17, 15) is 9.59 Å². The van der Waals surface area contributed by atoms with Crippen molar-refractivity contribution in [2.45, 2.75) is 84.0 Å². The number of amides is 2. The van der Waals surface area contributed by atoms with E-state index in [0.717, 1.165) is 88.1 Å². The largest absolute Gasteiger partial charge is 0.371 e. The van der Waals surface area contributed by atoms with Gasteiger partial charge in [0.1, 0.15) is 0 Å². The molecule has 4 rings (SSSR count). The molecule has 2 aromatic carbocycles. The van der Waals surface area contributed by atoms with Crippen LogP contribution in [0, 0.1) is 5.92 Å². The standard InChI is InChI=1S/C32H45N3O2/c1-2-3-4-5-10-15-31(36)33-28-16-17-30(29(25-28)32(37)35-20-11-7-12-21-35)34-22-18-27(19-23-34)24-26-13-8-6-9-14-26/h6,8-9,13-14,16-17,25,27H,2-5,7,10-12,15,18-24H2,1H3,(H,33,36). The molecule has 0 spiro atoms. The zero-order chi connectivity index (χ0) is 25.9. The van der Waals surface area contributed by atoms with Crippen LogP contribution in [0.5, 0.6) is 0 Å². The van der Waals surface area contributed by atoms with Crippen molar-refractivity contribution in [3.8, 4) is 0 Å². The molecule has 37 heavy (non-hydrogen) atoms. The fourth-order valence-corrected chi connectivity index (χ4v) is 5.77. The molecule has 0 aromatic heterocycles. The van der Waals surface area contributed by atoms with E-state index >= 15 is 0 Å². The van der Waals surface area contributed by atoms with E-state index in [-0.39, 0.29) is 11.8 Å². The molecule has 2 amide bonds. The third-order valence-electron chi connectivity index (χ3n) is 7.98. The van der Waals surface area contributed by atoms with Gasteiger partial charge in [0, 0.05) is 44.0 Å².